The van der Waals surface area contributed by atoms with Crippen LogP contribution in [0.3, 0.4) is 0 Å². The fraction of sp³-hybridized carbons (Fsp3) is 0.308. The van der Waals surface area contributed by atoms with E-state index in [1.165, 1.54) is 0 Å². The summed E-state index contributed by atoms with van der Waals surface area (Å²) in [6, 6.07) is 7.75. The van der Waals surface area contributed by atoms with Gasteiger partial charge in [-0.2, -0.15) is 0 Å². The van der Waals surface area contributed by atoms with Crippen LogP contribution in [0.15, 0.2) is 36.5 Å². The molecule has 1 aromatic rings. The summed E-state index contributed by atoms with van der Waals surface area (Å²) in [5, 5.41) is 11.1. The minimum atomic E-state index is -0.860. The van der Waals surface area contributed by atoms with Gasteiger partial charge in [0.1, 0.15) is 0 Å². The van der Waals surface area contributed by atoms with Gasteiger partial charge in [-0.25, -0.2) is 0 Å². The zero-order valence-corrected chi connectivity index (χ0v) is 10.1. The number of hydrogen-bond donors (Lipinski definition) is 3. The van der Waals surface area contributed by atoms with Gasteiger partial charge in [-0.3, -0.25) is 0 Å². The Morgan fingerprint density at radius 2 is 2.00 bits per heavy atom. The lowest BCUT2D eigenvalue weighted by Crippen LogP contribution is -2.50. The second-order valence-corrected chi connectivity index (χ2v) is 4.12. The normalized spacial score (nSPS) is 14.0. The first kappa shape index (κ1) is 12.5. The Morgan fingerprint density at radius 3 is 2.50 bits per heavy atom. The van der Waals surface area contributed by atoms with Crippen molar-refractivity contribution >= 4 is 5.71 Å². The van der Waals surface area contributed by atoms with E-state index < -0.39 is 5.54 Å². The van der Waals surface area contributed by atoms with Crippen molar-refractivity contribution in [2.24, 2.45) is 5.73 Å². The zero-order chi connectivity index (χ0) is 12.3. The molecule has 0 radical (unpaired) electrons. The van der Waals surface area contributed by atoms with Crippen LogP contribution in [0.1, 0.15) is 18.1 Å². The summed E-state index contributed by atoms with van der Waals surface area (Å²) in [5.41, 5.74) is 8.20. The smallest absolute Gasteiger partial charge is 0.0950 e. The molecule has 1 rings (SSSR count). The lowest BCUT2D eigenvalue weighted by Gasteiger charge is -2.28. The molecular weight excluding hydrogens is 198 g/mol. The van der Waals surface area contributed by atoms with Crippen molar-refractivity contribution in [1.82, 2.24) is 5.32 Å². The zero-order valence-electron chi connectivity index (χ0n) is 10.1. The largest absolute Gasteiger partial charge is 0.390 e. The van der Waals surface area contributed by atoms with Crippen LogP contribution in [0.5, 0.6) is 0 Å². The monoisotopic (exact) mass is 217 g/mol. The first-order chi connectivity index (χ1) is 7.41. The van der Waals surface area contributed by atoms with E-state index >= 15 is 0 Å². The molecule has 0 aliphatic carbocycles. The lowest BCUT2D eigenvalue weighted by atomic mass is 9.87. The van der Waals surface area contributed by atoms with Crippen molar-refractivity contribution in [3.8, 4) is 0 Å². The Balaban J connectivity index is 3.12. The summed E-state index contributed by atoms with van der Waals surface area (Å²) < 4.78 is 0. The molecule has 0 aliphatic heterocycles. The number of hydrogen-bond acceptors (Lipinski definition) is 3. The molecule has 0 amide bonds. The molecule has 0 spiro atoms. The molecule has 1 unspecified atom stereocenters. The Labute approximate surface area is 96.9 Å². The third-order valence-electron chi connectivity index (χ3n) is 2.86. The van der Waals surface area contributed by atoms with Gasteiger partial charge in [-0.05, 0) is 19.4 Å². The van der Waals surface area contributed by atoms with Gasteiger partial charge in [0.2, 0.25) is 0 Å². The number of nitrogens with one attached hydrogen (secondary N) is 2. The van der Waals surface area contributed by atoms with Crippen LogP contribution in [-0.2, 0) is 0 Å². The Hall–Kier alpha value is -1.61. The summed E-state index contributed by atoms with van der Waals surface area (Å²) in [6.45, 7) is 7.61. The lowest BCUT2D eigenvalue weighted by molar-refractivity contribution is 0.673. The van der Waals surface area contributed by atoms with Crippen molar-refractivity contribution in [2.75, 3.05) is 7.05 Å². The molecule has 0 aromatic heterocycles. The molecule has 16 heavy (non-hydrogen) atoms. The highest BCUT2D eigenvalue weighted by atomic mass is 14.9. The maximum absolute atomic E-state index is 8.18. The molecule has 0 saturated carbocycles. The van der Waals surface area contributed by atoms with Crippen molar-refractivity contribution in [1.29, 1.82) is 5.41 Å². The Kier molecular flexibility index (Phi) is 3.50. The molecule has 1 atom stereocenters. The maximum Gasteiger partial charge on any atom is 0.0950 e. The first-order valence-electron chi connectivity index (χ1n) is 5.22. The Morgan fingerprint density at radius 1 is 1.44 bits per heavy atom. The van der Waals surface area contributed by atoms with Crippen LogP contribution in [0.2, 0.25) is 0 Å². The molecule has 86 valence electrons. The molecule has 3 heteroatoms. The molecule has 0 heterocycles. The van der Waals surface area contributed by atoms with Gasteiger partial charge in [-0.1, -0.05) is 30.8 Å². The molecule has 0 aliphatic rings. The number of benzene rings is 1. The van der Waals surface area contributed by atoms with Crippen molar-refractivity contribution in [3.05, 3.63) is 47.7 Å². The van der Waals surface area contributed by atoms with Crippen LogP contribution >= 0.6 is 0 Å². The van der Waals surface area contributed by atoms with E-state index in [4.69, 9.17) is 11.1 Å². The van der Waals surface area contributed by atoms with Gasteiger partial charge in [0, 0.05) is 18.3 Å². The first-order valence-corrected chi connectivity index (χ1v) is 5.22. The maximum atomic E-state index is 8.18. The number of likely N-dealkylation sites (N-methyl/N-ethyl adjacent to an activating group) is 1. The van der Waals surface area contributed by atoms with E-state index in [1.807, 2.05) is 31.2 Å². The molecule has 0 bridgehead atoms. The topological polar surface area (TPSA) is 61.9 Å². The fourth-order valence-corrected chi connectivity index (χ4v) is 1.54. The highest BCUT2D eigenvalue weighted by Crippen LogP contribution is 2.18. The number of rotatable bonds is 4. The summed E-state index contributed by atoms with van der Waals surface area (Å²) in [6.07, 6.45) is 0. The van der Waals surface area contributed by atoms with E-state index in [9.17, 15) is 0 Å². The third-order valence-corrected chi connectivity index (χ3v) is 2.86. The van der Waals surface area contributed by atoms with Crippen LogP contribution in [-0.4, -0.2) is 18.3 Å². The van der Waals surface area contributed by atoms with Gasteiger partial charge in [0.15, 0.2) is 0 Å². The van der Waals surface area contributed by atoms with Gasteiger partial charge >= 0.3 is 0 Å². The second-order valence-electron chi connectivity index (χ2n) is 4.12. The Bertz CT molecular complexity index is 419. The predicted octanol–water partition coefficient (Wildman–Crippen LogP) is 1.81. The SMILES string of the molecule is C=C(NC)C(C)(N)C(=N)c1ccccc1C. The number of aryl methyl sites for hydroxylation is 1. The van der Waals surface area contributed by atoms with Crippen molar-refractivity contribution in [2.45, 2.75) is 19.4 Å². The van der Waals surface area contributed by atoms with Crippen LogP contribution in [0, 0.1) is 12.3 Å². The van der Waals surface area contributed by atoms with E-state index in [0.717, 1.165) is 11.1 Å². The second kappa shape index (κ2) is 4.49. The number of nitrogens with two attached hydrogens (primary N) is 1. The molecule has 0 saturated heterocycles. The molecule has 0 fully saturated rings. The van der Waals surface area contributed by atoms with Gasteiger partial charge < -0.3 is 16.5 Å². The standard InChI is InChI=1S/C13H19N3/c1-9-7-5-6-8-11(9)12(14)13(3,15)10(2)16-4/h5-8,14,16H,2,15H2,1,3-4H3. The summed E-state index contributed by atoms with van der Waals surface area (Å²) >= 11 is 0. The minimum Gasteiger partial charge on any atom is -0.390 e. The van der Waals surface area contributed by atoms with Crippen LogP contribution < -0.4 is 11.1 Å². The van der Waals surface area contributed by atoms with E-state index in [2.05, 4.69) is 11.9 Å². The molecular formula is C13H19N3. The molecule has 1 aromatic carbocycles. The van der Waals surface area contributed by atoms with Gasteiger partial charge in [0.25, 0.3) is 0 Å². The van der Waals surface area contributed by atoms with Crippen molar-refractivity contribution < 1.29 is 0 Å². The average Bonchev–Trinajstić information content (AvgIpc) is 2.27. The fourth-order valence-electron chi connectivity index (χ4n) is 1.54. The highest BCUT2D eigenvalue weighted by Gasteiger charge is 2.29. The average molecular weight is 217 g/mol. The third kappa shape index (κ3) is 2.14. The predicted molar refractivity (Wildman–Crippen MR) is 68.8 cm³/mol. The summed E-state index contributed by atoms with van der Waals surface area (Å²) in [5.74, 6) is 0. The summed E-state index contributed by atoms with van der Waals surface area (Å²) in [4.78, 5) is 0. The van der Waals surface area contributed by atoms with Crippen LogP contribution in [0.25, 0.3) is 0 Å². The van der Waals surface area contributed by atoms with Gasteiger partial charge in [0.05, 0.1) is 11.3 Å². The quantitative estimate of drug-likeness (QED) is 0.674. The van der Waals surface area contributed by atoms with E-state index in [-0.39, 0.29) is 0 Å². The molecule has 4 N–H and O–H groups in total. The van der Waals surface area contributed by atoms with E-state index in [0.29, 0.717) is 11.4 Å². The molecule has 3 nitrogen and oxygen atoms in total. The van der Waals surface area contributed by atoms with Crippen molar-refractivity contribution in [3.63, 3.8) is 0 Å². The van der Waals surface area contributed by atoms with E-state index in [1.54, 1.807) is 14.0 Å². The van der Waals surface area contributed by atoms with Gasteiger partial charge in [-0.15, -0.1) is 0 Å². The van der Waals surface area contributed by atoms with Crippen LogP contribution in [0.4, 0.5) is 0 Å². The minimum absolute atomic E-state index is 0.380. The highest BCUT2D eigenvalue weighted by molar-refractivity contribution is 6.07. The summed E-state index contributed by atoms with van der Waals surface area (Å²) in [7, 11) is 1.76.